The van der Waals surface area contributed by atoms with Gasteiger partial charge in [-0.3, -0.25) is 9.59 Å². The molecule has 0 fully saturated rings. The SMILES string of the molecule is COc1ccccc1NC(=O)c1ccc(NC(=O)CSc2nnc(-c3ccoc3C)n2N)cc1. The third-order valence-corrected chi connectivity index (χ3v) is 5.83. The van der Waals surface area contributed by atoms with E-state index in [4.69, 9.17) is 15.0 Å². The normalized spacial score (nSPS) is 10.6. The van der Waals surface area contributed by atoms with E-state index < -0.39 is 0 Å². The maximum Gasteiger partial charge on any atom is 0.255 e. The van der Waals surface area contributed by atoms with Gasteiger partial charge in [-0.1, -0.05) is 23.9 Å². The van der Waals surface area contributed by atoms with Gasteiger partial charge in [-0.25, -0.2) is 4.68 Å². The number of nitrogens with zero attached hydrogens (tertiary/aromatic N) is 3. The highest BCUT2D eigenvalue weighted by atomic mass is 32.2. The fourth-order valence-corrected chi connectivity index (χ4v) is 3.81. The summed E-state index contributed by atoms with van der Waals surface area (Å²) in [7, 11) is 1.54. The summed E-state index contributed by atoms with van der Waals surface area (Å²) in [5, 5.41) is 14.1. The molecule has 0 unspecified atom stereocenters. The molecule has 34 heavy (non-hydrogen) atoms. The van der Waals surface area contributed by atoms with E-state index in [-0.39, 0.29) is 17.6 Å². The minimum absolute atomic E-state index is 0.0791. The second-order valence-corrected chi connectivity index (χ2v) is 8.08. The number of amides is 2. The highest BCUT2D eigenvalue weighted by molar-refractivity contribution is 7.99. The average Bonchev–Trinajstić information content (AvgIpc) is 3.43. The first-order valence-electron chi connectivity index (χ1n) is 10.2. The van der Waals surface area contributed by atoms with Crippen LogP contribution in [0.15, 0.2) is 70.4 Å². The molecule has 4 aromatic rings. The summed E-state index contributed by atoms with van der Waals surface area (Å²) < 4.78 is 11.8. The number of nitrogens with one attached hydrogen (secondary N) is 2. The van der Waals surface area contributed by atoms with Crippen molar-refractivity contribution in [1.29, 1.82) is 0 Å². The van der Waals surface area contributed by atoms with Crippen LogP contribution in [-0.4, -0.2) is 39.6 Å². The van der Waals surface area contributed by atoms with Crippen LogP contribution in [-0.2, 0) is 4.79 Å². The molecular weight excluding hydrogens is 456 g/mol. The molecule has 4 N–H and O–H groups in total. The largest absolute Gasteiger partial charge is 0.495 e. The Labute approximate surface area is 199 Å². The zero-order chi connectivity index (χ0) is 24.1. The van der Waals surface area contributed by atoms with Gasteiger partial charge in [-0.05, 0) is 49.4 Å². The molecule has 2 aromatic carbocycles. The number of hydrogen-bond donors (Lipinski definition) is 3. The van der Waals surface area contributed by atoms with Crippen molar-refractivity contribution in [3.05, 3.63) is 72.2 Å². The van der Waals surface area contributed by atoms with Crippen LogP contribution in [0.4, 0.5) is 11.4 Å². The second kappa shape index (κ2) is 10.1. The first-order chi connectivity index (χ1) is 16.5. The minimum Gasteiger partial charge on any atom is -0.495 e. The van der Waals surface area contributed by atoms with E-state index in [0.29, 0.717) is 39.4 Å². The van der Waals surface area contributed by atoms with Crippen molar-refractivity contribution in [3.63, 3.8) is 0 Å². The topological polar surface area (TPSA) is 137 Å². The quantitative estimate of drug-likeness (QED) is 0.258. The molecule has 0 spiro atoms. The molecule has 0 saturated heterocycles. The first kappa shape index (κ1) is 22.9. The summed E-state index contributed by atoms with van der Waals surface area (Å²) in [6.07, 6.45) is 1.55. The van der Waals surface area contributed by atoms with Crippen LogP contribution in [0.5, 0.6) is 5.75 Å². The number of aromatic nitrogens is 3. The lowest BCUT2D eigenvalue weighted by Crippen LogP contribution is -2.17. The Morgan fingerprint density at radius 1 is 1.09 bits per heavy atom. The van der Waals surface area contributed by atoms with E-state index in [2.05, 4.69) is 20.8 Å². The van der Waals surface area contributed by atoms with Gasteiger partial charge in [0.25, 0.3) is 5.91 Å². The van der Waals surface area contributed by atoms with Crippen LogP contribution in [0.25, 0.3) is 11.4 Å². The van der Waals surface area contributed by atoms with Gasteiger partial charge in [0.05, 0.1) is 30.4 Å². The van der Waals surface area contributed by atoms with Crippen molar-refractivity contribution in [1.82, 2.24) is 14.9 Å². The number of anilines is 2. The molecule has 0 aliphatic heterocycles. The number of nitrogen functional groups attached to an aromatic ring is 1. The van der Waals surface area contributed by atoms with Crippen molar-refractivity contribution in [2.75, 3.05) is 29.3 Å². The number of methoxy groups -OCH3 is 1. The summed E-state index contributed by atoms with van der Waals surface area (Å²) in [6, 6.07) is 15.5. The zero-order valence-corrected chi connectivity index (χ0v) is 19.3. The van der Waals surface area contributed by atoms with Crippen LogP contribution in [0.3, 0.4) is 0 Å². The fourth-order valence-electron chi connectivity index (χ4n) is 3.15. The number of aryl methyl sites for hydroxylation is 1. The van der Waals surface area contributed by atoms with Crippen molar-refractivity contribution in [3.8, 4) is 17.1 Å². The number of rotatable bonds is 8. The lowest BCUT2D eigenvalue weighted by molar-refractivity contribution is -0.113. The van der Waals surface area contributed by atoms with Crippen molar-refractivity contribution < 1.29 is 18.7 Å². The molecule has 2 heterocycles. The van der Waals surface area contributed by atoms with Crippen molar-refractivity contribution in [2.24, 2.45) is 0 Å². The molecule has 2 aromatic heterocycles. The Hall–Kier alpha value is -4.25. The number of carbonyl (C=O) groups excluding carboxylic acids is 2. The van der Waals surface area contributed by atoms with Gasteiger partial charge in [0.15, 0.2) is 5.82 Å². The van der Waals surface area contributed by atoms with Crippen LogP contribution in [0, 0.1) is 6.92 Å². The van der Waals surface area contributed by atoms with Crippen LogP contribution < -0.4 is 21.2 Å². The smallest absolute Gasteiger partial charge is 0.255 e. The maximum absolute atomic E-state index is 12.5. The van der Waals surface area contributed by atoms with E-state index in [9.17, 15) is 9.59 Å². The van der Waals surface area contributed by atoms with E-state index in [0.717, 1.165) is 17.3 Å². The molecule has 0 saturated carbocycles. The van der Waals surface area contributed by atoms with Crippen molar-refractivity contribution in [2.45, 2.75) is 12.1 Å². The molecule has 11 heteroatoms. The molecule has 0 bridgehead atoms. The van der Waals surface area contributed by atoms with Gasteiger partial charge in [-0.15, -0.1) is 10.2 Å². The number of ether oxygens (including phenoxy) is 1. The van der Waals surface area contributed by atoms with Crippen LogP contribution in [0.2, 0.25) is 0 Å². The second-order valence-electron chi connectivity index (χ2n) is 7.14. The third-order valence-electron chi connectivity index (χ3n) is 4.88. The number of thioether (sulfide) groups is 1. The Bertz CT molecular complexity index is 1320. The number of para-hydroxylation sites is 2. The maximum atomic E-state index is 12.5. The number of furan rings is 1. The van der Waals surface area contributed by atoms with Gasteiger partial charge in [0.2, 0.25) is 11.1 Å². The van der Waals surface area contributed by atoms with E-state index >= 15 is 0 Å². The van der Waals surface area contributed by atoms with E-state index in [1.807, 2.05) is 6.07 Å². The Kier molecular flexibility index (Phi) is 6.83. The zero-order valence-electron chi connectivity index (χ0n) is 18.4. The lowest BCUT2D eigenvalue weighted by Gasteiger charge is -2.10. The summed E-state index contributed by atoms with van der Waals surface area (Å²) in [5.74, 6) is 7.31. The summed E-state index contributed by atoms with van der Waals surface area (Å²) in [5.41, 5.74) is 2.31. The van der Waals surface area contributed by atoms with E-state index in [1.54, 1.807) is 61.7 Å². The predicted molar refractivity (Wildman–Crippen MR) is 129 cm³/mol. The molecule has 0 radical (unpaired) electrons. The minimum atomic E-state index is -0.288. The standard InChI is InChI=1S/C23H22N6O4S/c1-14-17(11-12-33-14)21-27-28-23(29(21)24)34-13-20(30)25-16-9-7-15(8-10-16)22(31)26-18-5-3-4-6-19(18)32-2/h3-12H,13,24H2,1-2H3,(H,25,30)(H,26,31). The highest BCUT2D eigenvalue weighted by Gasteiger charge is 2.17. The molecular formula is C23H22N6O4S. The molecule has 174 valence electrons. The van der Waals surface area contributed by atoms with Gasteiger partial charge >= 0.3 is 0 Å². The highest BCUT2D eigenvalue weighted by Crippen LogP contribution is 2.26. The number of nitrogens with two attached hydrogens (primary N) is 1. The molecule has 0 aliphatic rings. The molecule has 10 nitrogen and oxygen atoms in total. The number of carbonyl (C=O) groups is 2. The monoisotopic (exact) mass is 478 g/mol. The lowest BCUT2D eigenvalue weighted by atomic mass is 10.2. The number of hydrogen-bond acceptors (Lipinski definition) is 8. The Morgan fingerprint density at radius 2 is 1.85 bits per heavy atom. The molecule has 4 rings (SSSR count). The average molecular weight is 479 g/mol. The van der Waals surface area contributed by atoms with Crippen LogP contribution >= 0.6 is 11.8 Å². The molecule has 2 amide bonds. The van der Waals surface area contributed by atoms with Gasteiger partial charge in [-0.2, -0.15) is 0 Å². The van der Waals surface area contributed by atoms with Gasteiger partial charge < -0.3 is 25.6 Å². The first-order valence-corrected chi connectivity index (χ1v) is 11.2. The van der Waals surface area contributed by atoms with Crippen LogP contribution in [0.1, 0.15) is 16.1 Å². The predicted octanol–water partition coefficient (Wildman–Crippen LogP) is 3.55. The third kappa shape index (κ3) is 5.04. The molecule has 0 aliphatic carbocycles. The summed E-state index contributed by atoms with van der Waals surface area (Å²) in [6.45, 7) is 1.80. The fraction of sp³-hybridized carbons (Fsp3) is 0.130. The van der Waals surface area contributed by atoms with Gasteiger partial charge in [0, 0.05) is 11.3 Å². The molecule has 0 atom stereocenters. The number of benzene rings is 2. The van der Waals surface area contributed by atoms with Crippen molar-refractivity contribution >= 4 is 35.0 Å². The Balaban J connectivity index is 1.32. The van der Waals surface area contributed by atoms with Gasteiger partial charge in [0.1, 0.15) is 11.5 Å². The summed E-state index contributed by atoms with van der Waals surface area (Å²) >= 11 is 1.16. The van der Waals surface area contributed by atoms with E-state index in [1.165, 1.54) is 11.8 Å². The Morgan fingerprint density at radius 3 is 2.56 bits per heavy atom. The summed E-state index contributed by atoms with van der Waals surface area (Å²) in [4.78, 5) is 24.9.